The molecule has 0 saturated heterocycles. The van der Waals surface area contributed by atoms with Gasteiger partial charge in [0.15, 0.2) is 5.78 Å². The number of Topliss-reactive ketones (excluding diaryl/α,β-unsaturated/α-hetero) is 1. The number of hydrogen-bond acceptors (Lipinski definition) is 3. The lowest BCUT2D eigenvalue weighted by atomic mass is 10.2. The summed E-state index contributed by atoms with van der Waals surface area (Å²) in [5.74, 6) is -0.261. The third-order valence-electron chi connectivity index (χ3n) is 1.94. The van der Waals surface area contributed by atoms with Crippen LogP contribution < -0.4 is 0 Å². The molecule has 4 heteroatoms. The molecule has 16 heavy (non-hydrogen) atoms. The van der Waals surface area contributed by atoms with Gasteiger partial charge >= 0.3 is 0 Å². The van der Waals surface area contributed by atoms with E-state index in [1.54, 1.807) is 24.3 Å². The molecular weight excluding hydrogens is 226 g/mol. The highest BCUT2D eigenvalue weighted by Gasteiger charge is 2.04. The van der Waals surface area contributed by atoms with Crippen molar-refractivity contribution in [3.05, 3.63) is 40.6 Å². The van der Waals surface area contributed by atoms with Gasteiger partial charge in [-0.05, 0) is 38.1 Å². The van der Waals surface area contributed by atoms with Crippen LogP contribution in [0.4, 0.5) is 5.69 Å². The molecule has 0 unspecified atom stereocenters. The predicted molar refractivity (Wildman–Crippen MR) is 65.6 cm³/mol. The average Bonchev–Trinajstić information content (AvgIpc) is 2.20. The maximum absolute atomic E-state index is 11.1. The fourth-order valence-corrected chi connectivity index (χ4v) is 1.23. The number of ketones is 1. The highest BCUT2D eigenvalue weighted by atomic mass is 35.5. The lowest BCUT2D eigenvalue weighted by Gasteiger charge is -1.98. The van der Waals surface area contributed by atoms with Gasteiger partial charge < -0.3 is 5.11 Å². The monoisotopic (exact) mass is 237 g/mol. The average molecular weight is 238 g/mol. The van der Waals surface area contributed by atoms with Gasteiger partial charge in [-0.3, -0.25) is 9.79 Å². The summed E-state index contributed by atoms with van der Waals surface area (Å²) in [5.41, 5.74) is 0.874. The van der Waals surface area contributed by atoms with E-state index in [9.17, 15) is 9.90 Å². The van der Waals surface area contributed by atoms with Gasteiger partial charge in [0.2, 0.25) is 0 Å². The number of halogens is 1. The first-order chi connectivity index (χ1) is 7.50. The molecular formula is C12H12ClNO2. The Hall–Kier alpha value is -1.61. The number of rotatable bonds is 3. The molecule has 0 radical (unpaired) electrons. The van der Waals surface area contributed by atoms with Gasteiger partial charge in [0.1, 0.15) is 5.76 Å². The first-order valence-corrected chi connectivity index (χ1v) is 5.09. The van der Waals surface area contributed by atoms with Crippen LogP contribution in [0.25, 0.3) is 0 Å². The van der Waals surface area contributed by atoms with Crippen molar-refractivity contribution >= 4 is 29.3 Å². The highest BCUT2D eigenvalue weighted by Crippen LogP contribution is 2.16. The van der Waals surface area contributed by atoms with Crippen LogP contribution in [0.3, 0.4) is 0 Å². The molecule has 0 aliphatic carbocycles. The van der Waals surface area contributed by atoms with Crippen molar-refractivity contribution in [2.24, 2.45) is 4.99 Å². The summed E-state index contributed by atoms with van der Waals surface area (Å²) in [6.07, 6.45) is 1.35. The molecule has 1 rings (SSSR count). The molecule has 0 atom stereocenters. The van der Waals surface area contributed by atoms with Crippen molar-refractivity contribution in [3.63, 3.8) is 0 Å². The van der Waals surface area contributed by atoms with Crippen LogP contribution in [0.1, 0.15) is 13.8 Å². The van der Waals surface area contributed by atoms with Crippen molar-refractivity contribution in [1.82, 2.24) is 0 Å². The first kappa shape index (κ1) is 12.5. The second kappa shape index (κ2) is 5.47. The van der Waals surface area contributed by atoms with E-state index in [1.165, 1.54) is 20.1 Å². The minimum Gasteiger partial charge on any atom is -0.512 e. The minimum atomic E-state index is -0.224. The van der Waals surface area contributed by atoms with E-state index in [0.29, 0.717) is 10.7 Å². The zero-order valence-corrected chi connectivity index (χ0v) is 9.82. The quantitative estimate of drug-likeness (QED) is 0.497. The predicted octanol–water partition coefficient (Wildman–Crippen LogP) is 3.46. The Kier molecular flexibility index (Phi) is 4.26. The highest BCUT2D eigenvalue weighted by molar-refractivity contribution is 6.30. The first-order valence-electron chi connectivity index (χ1n) is 4.71. The van der Waals surface area contributed by atoms with Crippen LogP contribution >= 0.6 is 11.6 Å². The summed E-state index contributed by atoms with van der Waals surface area (Å²) >= 11 is 5.72. The third kappa shape index (κ3) is 3.51. The Morgan fingerprint density at radius 3 is 2.31 bits per heavy atom. The molecule has 1 aromatic carbocycles. The number of aliphatic hydroxyl groups is 1. The largest absolute Gasteiger partial charge is 0.512 e. The summed E-state index contributed by atoms with van der Waals surface area (Å²) < 4.78 is 0. The van der Waals surface area contributed by atoms with Gasteiger partial charge in [0.05, 0.1) is 11.3 Å². The van der Waals surface area contributed by atoms with Gasteiger partial charge in [-0.25, -0.2) is 0 Å². The number of nitrogens with zero attached hydrogens (tertiary/aromatic N) is 1. The molecule has 0 heterocycles. The summed E-state index contributed by atoms with van der Waals surface area (Å²) in [5, 5.41) is 9.88. The molecule has 0 spiro atoms. The fourth-order valence-electron chi connectivity index (χ4n) is 1.11. The molecule has 0 aromatic heterocycles. The van der Waals surface area contributed by atoms with Crippen LogP contribution in [-0.2, 0) is 4.79 Å². The summed E-state index contributed by atoms with van der Waals surface area (Å²) in [6, 6.07) is 6.86. The molecule has 84 valence electrons. The van der Waals surface area contributed by atoms with E-state index >= 15 is 0 Å². The summed E-state index contributed by atoms with van der Waals surface area (Å²) in [7, 11) is 0. The molecule has 0 aliphatic rings. The number of benzene rings is 1. The van der Waals surface area contributed by atoms with Crippen molar-refractivity contribution < 1.29 is 9.90 Å². The fraction of sp³-hybridized carbons (Fsp3) is 0.167. The van der Waals surface area contributed by atoms with Crippen molar-refractivity contribution in [2.75, 3.05) is 0 Å². The molecule has 0 amide bonds. The number of aliphatic hydroxyl groups excluding tert-OH is 1. The number of aliphatic imine (C=N–C) groups is 1. The van der Waals surface area contributed by atoms with Gasteiger partial charge in [0.25, 0.3) is 0 Å². The van der Waals surface area contributed by atoms with E-state index < -0.39 is 0 Å². The Morgan fingerprint density at radius 1 is 1.31 bits per heavy atom. The lowest BCUT2D eigenvalue weighted by Crippen LogP contribution is -2.01. The molecule has 0 fully saturated rings. The second-order valence-corrected chi connectivity index (χ2v) is 3.73. The molecule has 0 bridgehead atoms. The lowest BCUT2D eigenvalue weighted by molar-refractivity contribution is -0.113. The number of allylic oxidation sites excluding steroid dienone is 2. The normalized spacial score (nSPS) is 12.7. The molecule has 1 N–H and O–H groups in total. The molecule has 0 aliphatic heterocycles. The number of carbonyl (C=O) groups is 1. The standard InChI is InChI=1S/C12H12ClNO2/c1-8(15)12(9(2)16)7-14-11-5-3-10(13)4-6-11/h3-7,15H,1-2H3/b12-8+,14-7?. The van der Waals surface area contributed by atoms with E-state index in [1.807, 2.05) is 0 Å². The van der Waals surface area contributed by atoms with E-state index in [2.05, 4.69) is 4.99 Å². The van der Waals surface area contributed by atoms with Crippen LogP contribution in [0, 0.1) is 0 Å². The molecule has 1 aromatic rings. The third-order valence-corrected chi connectivity index (χ3v) is 2.19. The Morgan fingerprint density at radius 2 is 1.88 bits per heavy atom. The van der Waals surface area contributed by atoms with Crippen LogP contribution in [0.5, 0.6) is 0 Å². The number of carbonyl (C=O) groups excluding carboxylic acids is 1. The SMILES string of the molecule is CC(=O)/C(C=Nc1ccc(Cl)cc1)=C(\C)O. The van der Waals surface area contributed by atoms with Gasteiger partial charge in [0, 0.05) is 11.2 Å². The minimum absolute atomic E-state index is 0.0368. The van der Waals surface area contributed by atoms with Gasteiger partial charge in [-0.15, -0.1) is 0 Å². The Labute approximate surface area is 99.1 Å². The topological polar surface area (TPSA) is 49.7 Å². The van der Waals surface area contributed by atoms with Crippen LogP contribution in [0.2, 0.25) is 5.02 Å². The number of hydrogen-bond donors (Lipinski definition) is 1. The van der Waals surface area contributed by atoms with Crippen LogP contribution in [-0.4, -0.2) is 17.1 Å². The maximum atomic E-state index is 11.1. The van der Waals surface area contributed by atoms with Gasteiger partial charge in [-0.2, -0.15) is 0 Å². The van der Waals surface area contributed by atoms with Crippen molar-refractivity contribution in [1.29, 1.82) is 0 Å². The smallest absolute Gasteiger partial charge is 0.164 e. The maximum Gasteiger partial charge on any atom is 0.164 e. The van der Waals surface area contributed by atoms with Gasteiger partial charge in [-0.1, -0.05) is 11.6 Å². The van der Waals surface area contributed by atoms with Crippen LogP contribution in [0.15, 0.2) is 40.6 Å². The van der Waals surface area contributed by atoms with Crippen molar-refractivity contribution in [2.45, 2.75) is 13.8 Å². The molecule has 3 nitrogen and oxygen atoms in total. The van der Waals surface area contributed by atoms with E-state index in [4.69, 9.17) is 11.6 Å². The summed E-state index contributed by atoms with van der Waals surface area (Å²) in [6.45, 7) is 2.83. The summed E-state index contributed by atoms with van der Waals surface area (Å²) in [4.78, 5) is 15.2. The van der Waals surface area contributed by atoms with Crippen molar-refractivity contribution in [3.8, 4) is 0 Å². The zero-order chi connectivity index (χ0) is 12.1. The Bertz CT molecular complexity index is 443. The molecule has 0 saturated carbocycles. The Balaban J connectivity index is 2.92. The van der Waals surface area contributed by atoms with E-state index in [0.717, 1.165) is 0 Å². The second-order valence-electron chi connectivity index (χ2n) is 3.29. The zero-order valence-electron chi connectivity index (χ0n) is 9.07. The van der Waals surface area contributed by atoms with E-state index in [-0.39, 0.29) is 17.1 Å².